The van der Waals surface area contributed by atoms with Gasteiger partial charge in [0, 0.05) is 28.2 Å². The number of hydrogen-bond donors (Lipinski definition) is 0. The number of carbonyl (C=O) groups is 1. The Morgan fingerprint density at radius 1 is 1.50 bits per heavy atom. The van der Waals surface area contributed by atoms with Gasteiger partial charge in [0.1, 0.15) is 11.5 Å². The molecule has 1 aliphatic rings. The minimum absolute atomic E-state index is 0. The summed E-state index contributed by atoms with van der Waals surface area (Å²) in [5.41, 5.74) is 2.19. The topological polar surface area (TPSA) is 29.5 Å². The van der Waals surface area contributed by atoms with Crippen LogP contribution >= 0.6 is 35.3 Å². The van der Waals surface area contributed by atoms with Crippen LogP contribution in [0.5, 0.6) is 0 Å². The lowest BCUT2D eigenvalue weighted by Gasteiger charge is -2.13. The van der Waals surface area contributed by atoms with Crippen molar-refractivity contribution in [3.05, 3.63) is 45.8 Å². The van der Waals surface area contributed by atoms with E-state index in [1.54, 1.807) is 6.08 Å². The van der Waals surface area contributed by atoms with Crippen LogP contribution in [-0.2, 0) is 17.7 Å². The number of esters is 1. The summed E-state index contributed by atoms with van der Waals surface area (Å²) in [6.07, 6.45) is 2.48. The van der Waals surface area contributed by atoms with E-state index in [9.17, 15) is 4.79 Å². The van der Waals surface area contributed by atoms with Crippen molar-refractivity contribution in [2.24, 2.45) is 0 Å². The zero-order valence-corrected chi connectivity index (χ0v) is 14.6. The molecule has 3 rings (SSSR count). The van der Waals surface area contributed by atoms with Crippen molar-refractivity contribution >= 4 is 51.4 Å². The number of nitrogens with zero attached hydrogens (tertiary/aromatic N) is 1. The highest BCUT2D eigenvalue weighted by atomic mass is 35.5. The predicted octanol–water partition coefficient (Wildman–Crippen LogP) is 4.31. The number of likely N-dealkylation sites (N-methyl/N-ethyl adjacent to an activating group) is 1. The fraction of sp³-hybridized carbons (Fsp3) is 0.312. The Kier molecular flexibility index (Phi) is 5.50. The van der Waals surface area contributed by atoms with Crippen LogP contribution in [0.3, 0.4) is 0 Å². The third-order valence-electron chi connectivity index (χ3n) is 3.69. The fourth-order valence-electron chi connectivity index (χ4n) is 2.71. The summed E-state index contributed by atoms with van der Waals surface area (Å²) in [6.45, 7) is 5.48. The number of halogens is 2. The Bertz CT molecular complexity index is 726. The van der Waals surface area contributed by atoms with E-state index in [0.29, 0.717) is 4.88 Å². The molecule has 0 saturated carbocycles. The van der Waals surface area contributed by atoms with Crippen LogP contribution in [-0.4, -0.2) is 31.1 Å². The van der Waals surface area contributed by atoms with Crippen LogP contribution < -0.4 is 0 Å². The molecule has 0 bridgehead atoms. The van der Waals surface area contributed by atoms with Gasteiger partial charge in [-0.05, 0) is 36.7 Å². The molecule has 0 saturated heterocycles. The first kappa shape index (κ1) is 17.3. The average molecular weight is 358 g/mol. The molecule has 1 aromatic heterocycles. The summed E-state index contributed by atoms with van der Waals surface area (Å²) in [7, 11) is 2.06. The highest BCUT2D eigenvalue weighted by molar-refractivity contribution is 7.21. The molecule has 0 fully saturated rings. The maximum absolute atomic E-state index is 12.3. The third-order valence-corrected chi connectivity index (χ3v) is 5.23. The Hall–Kier alpha value is -1.07. The molecule has 6 heteroatoms. The predicted molar refractivity (Wildman–Crippen MR) is 94.6 cm³/mol. The molecule has 0 amide bonds. The molecular weight excluding hydrogens is 341 g/mol. The lowest BCUT2D eigenvalue weighted by Crippen LogP contribution is -2.19. The standard InChI is InChI=1S/C16H16ClNO2S.ClH/c1-3-8-20-16(19)15-11-9-18(2)7-6-10-12(17)4-5-13(21-15)14(10)11;/h3-5H,1,6-9H2,2H3;1H. The molecule has 3 nitrogen and oxygen atoms in total. The number of thiophene rings is 1. The fourth-order valence-corrected chi connectivity index (χ4v) is 4.10. The highest BCUT2D eigenvalue weighted by Crippen LogP contribution is 2.39. The molecule has 0 N–H and O–H groups in total. The third kappa shape index (κ3) is 3.01. The molecule has 0 radical (unpaired) electrons. The van der Waals surface area contributed by atoms with E-state index in [4.69, 9.17) is 16.3 Å². The molecule has 0 spiro atoms. The van der Waals surface area contributed by atoms with Gasteiger partial charge in [-0.15, -0.1) is 23.7 Å². The summed E-state index contributed by atoms with van der Waals surface area (Å²) in [4.78, 5) is 15.2. The summed E-state index contributed by atoms with van der Waals surface area (Å²) in [5, 5.41) is 1.92. The number of carbonyl (C=O) groups excluding carboxylic acids is 1. The quantitative estimate of drug-likeness (QED) is 0.605. The van der Waals surface area contributed by atoms with E-state index in [1.165, 1.54) is 11.3 Å². The van der Waals surface area contributed by atoms with Gasteiger partial charge in [-0.2, -0.15) is 0 Å². The van der Waals surface area contributed by atoms with Crippen molar-refractivity contribution in [1.29, 1.82) is 0 Å². The van der Waals surface area contributed by atoms with Crippen molar-refractivity contribution in [2.45, 2.75) is 13.0 Å². The smallest absolute Gasteiger partial charge is 0.348 e. The van der Waals surface area contributed by atoms with E-state index in [-0.39, 0.29) is 25.0 Å². The van der Waals surface area contributed by atoms with Gasteiger partial charge in [-0.1, -0.05) is 24.3 Å². The minimum Gasteiger partial charge on any atom is -0.457 e. The van der Waals surface area contributed by atoms with Crippen LogP contribution in [0.2, 0.25) is 5.02 Å². The number of ether oxygens (including phenoxy) is 1. The Morgan fingerprint density at radius 3 is 3.00 bits per heavy atom. The van der Waals surface area contributed by atoms with Crippen molar-refractivity contribution in [1.82, 2.24) is 4.90 Å². The molecule has 0 aliphatic carbocycles. The summed E-state index contributed by atoms with van der Waals surface area (Å²) < 4.78 is 6.32. The van der Waals surface area contributed by atoms with E-state index < -0.39 is 0 Å². The van der Waals surface area contributed by atoms with Crippen molar-refractivity contribution in [2.75, 3.05) is 20.2 Å². The monoisotopic (exact) mass is 357 g/mol. The molecule has 2 aromatic rings. The van der Waals surface area contributed by atoms with Gasteiger partial charge < -0.3 is 9.64 Å². The zero-order chi connectivity index (χ0) is 15.0. The Labute approximate surface area is 144 Å². The molecular formula is C16H17Cl2NO2S. The Balaban J connectivity index is 0.00000176. The SMILES string of the molecule is C=CCOC(=O)c1sc2ccc(Cl)c3c2c1CN(C)CC3.Cl. The first-order chi connectivity index (χ1) is 10.1. The summed E-state index contributed by atoms with van der Waals surface area (Å²) >= 11 is 7.85. The molecule has 0 unspecified atom stereocenters. The highest BCUT2D eigenvalue weighted by Gasteiger charge is 2.25. The van der Waals surface area contributed by atoms with Gasteiger partial charge in [-0.3, -0.25) is 0 Å². The molecule has 118 valence electrons. The molecule has 22 heavy (non-hydrogen) atoms. The van der Waals surface area contributed by atoms with Crippen LogP contribution in [0.1, 0.15) is 20.8 Å². The minimum atomic E-state index is -0.275. The normalized spacial score (nSPS) is 14.3. The molecule has 1 aromatic carbocycles. The second-order valence-electron chi connectivity index (χ2n) is 5.18. The second-order valence-corrected chi connectivity index (χ2v) is 6.64. The Morgan fingerprint density at radius 2 is 2.27 bits per heavy atom. The first-order valence-corrected chi connectivity index (χ1v) is 8.00. The van der Waals surface area contributed by atoms with E-state index in [1.807, 2.05) is 12.1 Å². The maximum Gasteiger partial charge on any atom is 0.348 e. The first-order valence-electron chi connectivity index (χ1n) is 6.81. The van der Waals surface area contributed by atoms with Crippen LogP contribution in [0.4, 0.5) is 0 Å². The zero-order valence-electron chi connectivity index (χ0n) is 12.2. The lowest BCUT2D eigenvalue weighted by molar-refractivity contribution is 0.0553. The van der Waals surface area contributed by atoms with E-state index in [2.05, 4.69) is 18.5 Å². The van der Waals surface area contributed by atoms with E-state index >= 15 is 0 Å². The summed E-state index contributed by atoms with van der Waals surface area (Å²) in [5.74, 6) is -0.275. The van der Waals surface area contributed by atoms with Gasteiger partial charge in [0.25, 0.3) is 0 Å². The number of hydrogen-bond acceptors (Lipinski definition) is 4. The van der Waals surface area contributed by atoms with Gasteiger partial charge in [0.2, 0.25) is 0 Å². The molecule has 2 heterocycles. The lowest BCUT2D eigenvalue weighted by atomic mass is 10.0. The van der Waals surface area contributed by atoms with Gasteiger partial charge in [0.05, 0.1) is 0 Å². The van der Waals surface area contributed by atoms with Crippen molar-refractivity contribution < 1.29 is 9.53 Å². The second kappa shape index (κ2) is 7.01. The average Bonchev–Trinajstić information content (AvgIpc) is 2.72. The van der Waals surface area contributed by atoms with E-state index in [0.717, 1.165) is 45.7 Å². The van der Waals surface area contributed by atoms with Gasteiger partial charge >= 0.3 is 5.97 Å². The van der Waals surface area contributed by atoms with Crippen LogP contribution in [0, 0.1) is 0 Å². The molecule has 1 aliphatic heterocycles. The van der Waals surface area contributed by atoms with Gasteiger partial charge in [0.15, 0.2) is 0 Å². The number of benzene rings is 1. The van der Waals surface area contributed by atoms with Gasteiger partial charge in [-0.25, -0.2) is 4.79 Å². The number of rotatable bonds is 3. The van der Waals surface area contributed by atoms with Crippen LogP contribution in [0.25, 0.3) is 10.1 Å². The molecule has 0 atom stereocenters. The van der Waals surface area contributed by atoms with Crippen LogP contribution in [0.15, 0.2) is 24.8 Å². The van der Waals surface area contributed by atoms with Crippen molar-refractivity contribution in [3.63, 3.8) is 0 Å². The summed E-state index contributed by atoms with van der Waals surface area (Å²) in [6, 6.07) is 3.91. The maximum atomic E-state index is 12.3. The largest absolute Gasteiger partial charge is 0.457 e. The van der Waals surface area contributed by atoms with Crippen molar-refractivity contribution in [3.8, 4) is 0 Å².